The van der Waals surface area contributed by atoms with Gasteiger partial charge in [0.15, 0.2) is 0 Å². The van der Waals surface area contributed by atoms with E-state index in [1.54, 1.807) is 0 Å². The third kappa shape index (κ3) is 3.26. The van der Waals surface area contributed by atoms with Crippen molar-refractivity contribution in [3.63, 3.8) is 0 Å². The molecule has 0 amide bonds. The van der Waals surface area contributed by atoms with Crippen LogP contribution in [0.25, 0.3) is 38.6 Å². The summed E-state index contributed by atoms with van der Waals surface area (Å²) in [4.78, 5) is 0. The zero-order valence-corrected chi connectivity index (χ0v) is 19.3. The minimum absolute atomic E-state index is 0.444. The number of aromatic amines is 1. The Labute approximate surface area is 189 Å². The van der Waals surface area contributed by atoms with Gasteiger partial charge in [-0.25, -0.2) is 0 Å². The van der Waals surface area contributed by atoms with Gasteiger partial charge < -0.3 is 9.30 Å². The summed E-state index contributed by atoms with van der Waals surface area (Å²) in [5.41, 5.74) is 8.76. The summed E-state index contributed by atoms with van der Waals surface area (Å²) in [6.45, 7) is 3.77. The molecule has 1 atom stereocenters. The lowest BCUT2D eigenvalue weighted by molar-refractivity contribution is 0.0844. The molecule has 1 unspecified atom stereocenters. The fourth-order valence-electron chi connectivity index (χ4n) is 5.03. The van der Waals surface area contributed by atoms with Gasteiger partial charge in [0.1, 0.15) is 0 Å². The molecule has 3 aromatic carbocycles. The first kappa shape index (κ1) is 19.7. The van der Waals surface area contributed by atoms with E-state index in [2.05, 4.69) is 91.6 Å². The van der Waals surface area contributed by atoms with Crippen molar-refractivity contribution < 1.29 is 4.74 Å². The second-order valence-corrected chi connectivity index (χ2v) is 9.43. The van der Waals surface area contributed by atoms with Crippen LogP contribution in [0.5, 0.6) is 0 Å². The van der Waals surface area contributed by atoms with Crippen molar-refractivity contribution in [1.29, 1.82) is 0 Å². The first-order valence-electron chi connectivity index (χ1n) is 11.2. The maximum absolute atomic E-state index is 5.74. The van der Waals surface area contributed by atoms with Crippen molar-refractivity contribution in [2.75, 3.05) is 13.2 Å². The lowest BCUT2D eigenvalue weighted by Crippen LogP contribution is -2.17. The van der Waals surface area contributed by atoms with E-state index in [1.165, 1.54) is 44.3 Å². The molecule has 3 heterocycles. The highest BCUT2D eigenvalue weighted by Gasteiger charge is 2.28. The van der Waals surface area contributed by atoms with Gasteiger partial charge in [0, 0.05) is 46.8 Å². The fourth-order valence-corrected chi connectivity index (χ4v) is 5.22. The standard InChI is InChI=1S/C27H26N3OP/c1-17-2-4-18(5-3-17)26-23-15-24-20(16-28-29-24)14-25(23)30(21-6-8-22(32)9-7-21)27(26)19-10-12-31-13-11-19/h2-9,14-16,19H,10-13,32H2,1H3,(H,28,29). The van der Waals surface area contributed by atoms with Crippen LogP contribution in [0.2, 0.25) is 0 Å². The van der Waals surface area contributed by atoms with Crippen molar-refractivity contribution in [1.82, 2.24) is 14.8 Å². The SMILES string of the molecule is Cc1ccc(-c2c(C3CCOCC3)n(-c3ccc(P)cc3)c3cc4cn[nH]c4cc23)cc1. The number of aryl methyl sites for hydroxylation is 1. The van der Waals surface area contributed by atoms with E-state index in [0.717, 1.165) is 37.0 Å². The molecule has 5 aromatic rings. The number of hydrogen-bond acceptors (Lipinski definition) is 2. The van der Waals surface area contributed by atoms with Crippen molar-refractivity contribution in [3.8, 4) is 16.8 Å². The minimum Gasteiger partial charge on any atom is -0.381 e. The Hall–Kier alpha value is -2.94. The number of rotatable bonds is 3. The Bertz CT molecular complexity index is 1310. The fraction of sp³-hybridized carbons (Fsp3) is 0.222. The smallest absolute Gasteiger partial charge is 0.0658 e. The van der Waals surface area contributed by atoms with Crippen LogP contribution < -0.4 is 5.30 Å². The minimum atomic E-state index is 0.444. The summed E-state index contributed by atoms with van der Waals surface area (Å²) in [6.07, 6.45) is 3.99. The van der Waals surface area contributed by atoms with E-state index in [1.807, 2.05) is 6.20 Å². The molecular weight excluding hydrogens is 413 g/mol. The second kappa shape index (κ2) is 7.88. The van der Waals surface area contributed by atoms with E-state index in [4.69, 9.17) is 4.74 Å². The topological polar surface area (TPSA) is 42.8 Å². The van der Waals surface area contributed by atoms with Crippen LogP contribution >= 0.6 is 9.24 Å². The summed E-state index contributed by atoms with van der Waals surface area (Å²) >= 11 is 0. The van der Waals surface area contributed by atoms with Gasteiger partial charge >= 0.3 is 0 Å². The predicted octanol–water partition coefficient (Wildman–Crippen LogP) is 5.88. The molecule has 1 aliphatic heterocycles. The Morgan fingerprint density at radius 1 is 1.00 bits per heavy atom. The molecule has 0 aliphatic carbocycles. The predicted molar refractivity (Wildman–Crippen MR) is 135 cm³/mol. The van der Waals surface area contributed by atoms with E-state index in [0.29, 0.717) is 5.92 Å². The van der Waals surface area contributed by atoms with Crippen LogP contribution in [0, 0.1) is 6.92 Å². The van der Waals surface area contributed by atoms with Crippen molar-refractivity contribution in [2.24, 2.45) is 0 Å². The molecule has 5 heteroatoms. The zero-order valence-electron chi connectivity index (χ0n) is 18.1. The van der Waals surface area contributed by atoms with Crippen LogP contribution in [0.3, 0.4) is 0 Å². The van der Waals surface area contributed by atoms with Gasteiger partial charge in [-0.2, -0.15) is 5.10 Å². The molecule has 0 saturated carbocycles. The van der Waals surface area contributed by atoms with E-state index in [-0.39, 0.29) is 0 Å². The molecule has 1 aliphatic rings. The Balaban J connectivity index is 1.74. The van der Waals surface area contributed by atoms with Gasteiger partial charge in [-0.15, -0.1) is 9.24 Å². The lowest BCUT2D eigenvalue weighted by atomic mass is 9.89. The Morgan fingerprint density at radius 2 is 1.75 bits per heavy atom. The van der Waals surface area contributed by atoms with Crippen LogP contribution in [0.1, 0.15) is 30.0 Å². The van der Waals surface area contributed by atoms with Crippen molar-refractivity contribution in [2.45, 2.75) is 25.7 Å². The highest BCUT2D eigenvalue weighted by atomic mass is 31.0. The van der Waals surface area contributed by atoms with Gasteiger partial charge in [-0.1, -0.05) is 42.0 Å². The summed E-state index contributed by atoms with van der Waals surface area (Å²) in [5, 5.41) is 11.1. The first-order chi connectivity index (χ1) is 15.7. The molecule has 2 aromatic heterocycles. The number of nitrogens with one attached hydrogen (secondary N) is 1. The number of aromatic nitrogens is 3. The quantitative estimate of drug-likeness (QED) is 0.357. The van der Waals surface area contributed by atoms with Gasteiger partial charge in [-0.3, -0.25) is 5.10 Å². The largest absolute Gasteiger partial charge is 0.381 e. The first-order valence-corrected chi connectivity index (χ1v) is 11.8. The normalized spacial score (nSPS) is 15.1. The average Bonchev–Trinajstić information content (AvgIpc) is 3.41. The number of nitrogens with zero attached hydrogens (tertiary/aromatic N) is 2. The zero-order chi connectivity index (χ0) is 21.7. The summed E-state index contributed by atoms with van der Waals surface area (Å²) in [5.74, 6) is 0.444. The number of fused-ring (bicyclic) bond motifs is 2. The Kier molecular flexibility index (Phi) is 4.86. The van der Waals surface area contributed by atoms with E-state index in [9.17, 15) is 0 Å². The lowest BCUT2D eigenvalue weighted by Gasteiger charge is -2.26. The van der Waals surface area contributed by atoms with Crippen LogP contribution in [-0.4, -0.2) is 28.0 Å². The molecular formula is C27H26N3OP. The van der Waals surface area contributed by atoms with Gasteiger partial charge in [0.05, 0.1) is 17.2 Å². The van der Waals surface area contributed by atoms with Crippen molar-refractivity contribution in [3.05, 3.63) is 78.1 Å². The van der Waals surface area contributed by atoms with Gasteiger partial charge in [0.25, 0.3) is 0 Å². The summed E-state index contributed by atoms with van der Waals surface area (Å²) < 4.78 is 8.23. The van der Waals surface area contributed by atoms with Gasteiger partial charge in [0.2, 0.25) is 0 Å². The second-order valence-electron chi connectivity index (χ2n) is 8.77. The molecule has 0 bridgehead atoms. The molecule has 160 valence electrons. The maximum atomic E-state index is 5.74. The maximum Gasteiger partial charge on any atom is 0.0658 e. The van der Waals surface area contributed by atoms with E-state index < -0.39 is 0 Å². The highest BCUT2D eigenvalue weighted by Crippen LogP contribution is 2.44. The molecule has 1 N–H and O–H groups in total. The monoisotopic (exact) mass is 439 g/mol. The van der Waals surface area contributed by atoms with Crippen molar-refractivity contribution >= 4 is 36.4 Å². The van der Waals surface area contributed by atoms with Crippen LogP contribution in [0.4, 0.5) is 0 Å². The average molecular weight is 439 g/mol. The molecule has 1 saturated heterocycles. The molecule has 4 nitrogen and oxygen atoms in total. The molecule has 6 rings (SSSR count). The summed E-state index contributed by atoms with van der Waals surface area (Å²) in [7, 11) is 2.79. The van der Waals surface area contributed by atoms with Crippen LogP contribution in [0.15, 0.2) is 66.9 Å². The molecule has 32 heavy (non-hydrogen) atoms. The van der Waals surface area contributed by atoms with E-state index >= 15 is 0 Å². The number of hydrogen-bond donors (Lipinski definition) is 1. The molecule has 0 spiro atoms. The Morgan fingerprint density at radius 3 is 2.50 bits per heavy atom. The summed E-state index contributed by atoms with van der Waals surface area (Å²) in [6, 6.07) is 22.3. The third-order valence-corrected chi connectivity index (χ3v) is 7.05. The molecule has 1 fully saturated rings. The molecule has 0 radical (unpaired) electrons. The highest BCUT2D eigenvalue weighted by molar-refractivity contribution is 7.27. The van der Waals surface area contributed by atoms with Crippen LogP contribution in [-0.2, 0) is 4.74 Å². The van der Waals surface area contributed by atoms with Gasteiger partial charge in [-0.05, 0) is 54.9 Å². The third-order valence-electron chi connectivity index (χ3n) is 6.66. The number of ether oxygens (including phenoxy) is 1. The number of benzene rings is 3. The number of H-pyrrole nitrogens is 1.